The van der Waals surface area contributed by atoms with E-state index in [9.17, 15) is 4.39 Å². The molecule has 0 saturated carbocycles. The van der Waals surface area contributed by atoms with Crippen molar-refractivity contribution in [1.82, 2.24) is 0 Å². The van der Waals surface area contributed by atoms with E-state index in [4.69, 9.17) is 17.3 Å². The Labute approximate surface area is 117 Å². The highest BCUT2D eigenvalue weighted by Gasteiger charge is 2.16. The van der Waals surface area contributed by atoms with Crippen molar-refractivity contribution >= 4 is 17.3 Å². The van der Waals surface area contributed by atoms with Crippen LogP contribution in [0.25, 0.3) is 0 Å². The zero-order chi connectivity index (χ0) is 13.8. The van der Waals surface area contributed by atoms with Crippen LogP contribution in [0.1, 0.15) is 11.6 Å². The van der Waals surface area contributed by atoms with Crippen LogP contribution in [0.2, 0.25) is 5.02 Å². The number of hydrogen-bond donors (Lipinski definition) is 1. The summed E-state index contributed by atoms with van der Waals surface area (Å²) in [7, 11) is 1.90. The molecule has 0 amide bonds. The third kappa shape index (κ3) is 3.25. The molecule has 0 bridgehead atoms. The molecule has 0 aliphatic carbocycles. The molecule has 1 unspecified atom stereocenters. The fourth-order valence-electron chi connectivity index (χ4n) is 2.11. The fraction of sp³-hybridized carbons (Fsp3) is 0.200. The van der Waals surface area contributed by atoms with Crippen LogP contribution in [0.4, 0.5) is 10.1 Å². The van der Waals surface area contributed by atoms with E-state index in [1.807, 2.05) is 42.3 Å². The van der Waals surface area contributed by atoms with Crippen molar-refractivity contribution in [2.45, 2.75) is 6.04 Å². The lowest BCUT2D eigenvalue weighted by Gasteiger charge is -2.29. The molecule has 2 N–H and O–H groups in total. The number of halogens is 2. The van der Waals surface area contributed by atoms with Crippen LogP contribution in [0.15, 0.2) is 48.5 Å². The third-order valence-electron chi connectivity index (χ3n) is 3.14. The molecule has 0 heterocycles. The molecule has 0 saturated heterocycles. The summed E-state index contributed by atoms with van der Waals surface area (Å²) >= 11 is 6.00. The Morgan fingerprint density at radius 3 is 2.58 bits per heavy atom. The van der Waals surface area contributed by atoms with Crippen molar-refractivity contribution in [1.29, 1.82) is 0 Å². The maximum absolute atomic E-state index is 13.3. The number of likely N-dealkylation sites (N-methyl/N-ethyl adjacent to an activating group) is 1. The van der Waals surface area contributed by atoms with E-state index < -0.39 is 0 Å². The number of rotatable bonds is 4. The molecular formula is C15H16ClFN2. The molecule has 0 aromatic heterocycles. The molecule has 2 aromatic carbocycles. The first-order valence-corrected chi connectivity index (χ1v) is 6.43. The van der Waals surface area contributed by atoms with Crippen LogP contribution in [-0.4, -0.2) is 13.6 Å². The number of nitrogens with zero attached hydrogens (tertiary/aromatic N) is 1. The van der Waals surface area contributed by atoms with Crippen LogP contribution >= 0.6 is 11.6 Å². The van der Waals surface area contributed by atoms with Gasteiger partial charge in [0.1, 0.15) is 5.82 Å². The van der Waals surface area contributed by atoms with Crippen molar-refractivity contribution < 1.29 is 4.39 Å². The molecule has 2 aromatic rings. The van der Waals surface area contributed by atoms with Gasteiger partial charge in [-0.15, -0.1) is 0 Å². The van der Waals surface area contributed by atoms with Gasteiger partial charge in [-0.05, 0) is 35.9 Å². The molecule has 0 spiro atoms. The number of anilines is 1. The summed E-state index contributed by atoms with van der Waals surface area (Å²) in [4.78, 5) is 1.95. The Hall–Kier alpha value is -1.58. The quantitative estimate of drug-likeness (QED) is 0.926. The van der Waals surface area contributed by atoms with Gasteiger partial charge in [-0.25, -0.2) is 4.39 Å². The number of nitrogens with two attached hydrogens (primary N) is 1. The van der Waals surface area contributed by atoms with Crippen molar-refractivity contribution in [3.05, 3.63) is 64.9 Å². The van der Waals surface area contributed by atoms with Gasteiger partial charge in [0, 0.05) is 24.3 Å². The minimum absolute atomic E-state index is 0.0412. The molecule has 0 radical (unpaired) electrons. The molecular weight excluding hydrogens is 263 g/mol. The highest BCUT2D eigenvalue weighted by Crippen LogP contribution is 2.26. The lowest BCUT2D eigenvalue weighted by molar-refractivity contribution is 0.623. The van der Waals surface area contributed by atoms with E-state index in [1.54, 1.807) is 6.07 Å². The minimum atomic E-state index is -0.258. The van der Waals surface area contributed by atoms with Gasteiger partial charge >= 0.3 is 0 Å². The number of hydrogen-bond acceptors (Lipinski definition) is 2. The van der Waals surface area contributed by atoms with E-state index in [1.165, 1.54) is 12.1 Å². The van der Waals surface area contributed by atoms with E-state index in [2.05, 4.69) is 0 Å². The first kappa shape index (κ1) is 13.8. The highest BCUT2D eigenvalue weighted by atomic mass is 35.5. The SMILES string of the molecule is CN(c1cccc(F)c1)C(CN)c1cccc(Cl)c1. The fourth-order valence-corrected chi connectivity index (χ4v) is 2.31. The normalized spacial score (nSPS) is 12.2. The second-order valence-corrected chi connectivity index (χ2v) is 4.83. The average molecular weight is 279 g/mol. The molecule has 19 heavy (non-hydrogen) atoms. The summed E-state index contributed by atoms with van der Waals surface area (Å²) in [6.07, 6.45) is 0. The lowest BCUT2D eigenvalue weighted by Crippen LogP contribution is -2.30. The second-order valence-electron chi connectivity index (χ2n) is 4.40. The second kappa shape index (κ2) is 6.04. The molecule has 2 rings (SSSR count). The molecule has 2 nitrogen and oxygen atoms in total. The Kier molecular flexibility index (Phi) is 4.40. The van der Waals surface area contributed by atoms with Gasteiger partial charge in [0.2, 0.25) is 0 Å². The van der Waals surface area contributed by atoms with E-state index in [-0.39, 0.29) is 11.9 Å². The monoisotopic (exact) mass is 278 g/mol. The molecule has 4 heteroatoms. The summed E-state index contributed by atoms with van der Waals surface area (Å²) < 4.78 is 13.3. The van der Waals surface area contributed by atoms with Gasteiger partial charge in [-0.3, -0.25) is 0 Å². The Bertz CT molecular complexity index is 559. The van der Waals surface area contributed by atoms with Crippen LogP contribution in [0, 0.1) is 5.82 Å². The maximum atomic E-state index is 13.3. The zero-order valence-electron chi connectivity index (χ0n) is 10.7. The van der Waals surface area contributed by atoms with Crippen molar-refractivity contribution in [2.75, 3.05) is 18.5 Å². The van der Waals surface area contributed by atoms with Crippen molar-refractivity contribution in [3.63, 3.8) is 0 Å². The molecule has 0 aliphatic heterocycles. The van der Waals surface area contributed by atoms with Gasteiger partial charge in [-0.2, -0.15) is 0 Å². The van der Waals surface area contributed by atoms with E-state index >= 15 is 0 Å². The maximum Gasteiger partial charge on any atom is 0.125 e. The van der Waals surface area contributed by atoms with Crippen molar-refractivity contribution in [3.8, 4) is 0 Å². The average Bonchev–Trinajstić information content (AvgIpc) is 2.39. The lowest BCUT2D eigenvalue weighted by atomic mass is 10.1. The molecule has 0 aliphatic rings. The first-order chi connectivity index (χ1) is 9.11. The van der Waals surface area contributed by atoms with E-state index in [0.29, 0.717) is 11.6 Å². The van der Waals surface area contributed by atoms with Crippen LogP contribution in [0.5, 0.6) is 0 Å². The van der Waals surface area contributed by atoms with Gasteiger partial charge in [0.05, 0.1) is 6.04 Å². The largest absolute Gasteiger partial charge is 0.366 e. The Morgan fingerprint density at radius 1 is 1.21 bits per heavy atom. The van der Waals surface area contributed by atoms with Crippen LogP contribution in [0.3, 0.4) is 0 Å². The summed E-state index contributed by atoms with van der Waals surface area (Å²) in [5, 5.41) is 0.670. The van der Waals surface area contributed by atoms with Gasteiger partial charge in [-0.1, -0.05) is 29.8 Å². The predicted octanol–water partition coefficient (Wildman–Crippen LogP) is 3.62. The van der Waals surface area contributed by atoms with Gasteiger partial charge < -0.3 is 10.6 Å². The standard InChI is InChI=1S/C15H16ClFN2/c1-19(14-7-3-6-13(17)9-14)15(10-18)11-4-2-5-12(16)8-11/h2-9,15H,10,18H2,1H3. The Morgan fingerprint density at radius 2 is 1.95 bits per heavy atom. The smallest absolute Gasteiger partial charge is 0.125 e. The Balaban J connectivity index is 2.31. The van der Waals surface area contributed by atoms with E-state index in [0.717, 1.165) is 11.3 Å². The first-order valence-electron chi connectivity index (χ1n) is 6.05. The molecule has 100 valence electrons. The summed E-state index contributed by atoms with van der Waals surface area (Å²) in [5.74, 6) is -0.258. The topological polar surface area (TPSA) is 29.3 Å². The van der Waals surface area contributed by atoms with Crippen LogP contribution < -0.4 is 10.6 Å². The zero-order valence-corrected chi connectivity index (χ0v) is 11.4. The van der Waals surface area contributed by atoms with Gasteiger partial charge in [0.15, 0.2) is 0 Å². The van der Waals surface area contributed by atoms with Gasteiger partial charge in [0.25, 0.3) is 0 Å². The molecule has 0 fully saturated rings. The predicted molar refractivity (Wildman–Crippen MR) is 78.1 cm³/mol. The molecule has 1 atom stereocenters. The highest BCUT2D eigenvalue weighted by molar-refractivity contribution is 6.30. The van der Waals surface area contributed by atoms with Crippen molar-refractivity contribution in [2.24, 2.45) is 5.73 Å². The summed E-state index contributed by atoms with van der Waals surface area (Å²) in [6, 6.07) is 14.0. The minimum Gasteiger partial charge on any atom is -0.366 e. The third-order valence-corrected chi connectivity index (χ3v) is 3.37. The number of benzene rings is 2. The van der Waals surface area contributed by atoms with Crippen LogP contribution in [-0.2, 0) is 0 Å². The summed E-state index contributed by atoms with van der Waals surface area (Å²) in [6.45, 7) is 0.424. The summed E-state index contributed by atoms with van der Waals surface area (Å²) in [5.41, 5.74) is 7.66.